The monoisotopic (exact) mass is 637 g/mol. The lowest BCUT2D eigenvalue weighted by Gasteiger charge is -2.13. The van der Waals surface area contributed by atoms with Gasteiger partial charge in [0.25, 0.3) is 11.8 Å². The summed E-state index contributed by atoms with van der Waals surface area (Å²) >= 11 is 13.4. The number of carbonyl (C=O) groups is 4. The maximum Gasteiger partial charge on any atom is 0.335 e. The van der Waals surface area contributed by atoms with Crippen LogP contribution in [0.2, 0.25) is 10.0 Å². The number of carboxylic acids is 1. The molecule has 0 atom stereocenters. The summed E-state index contributed by atoms with van der Waals surface area (Å²) in [5.41, 5.74) is 0.438. The number of aromatic carboxylic acids is 1. The second-order valence-corrected chi connectivity index (χ2v) is 10.7. The first kappa shape index (κ1) is 31.3. The number of benzene rings is 4. The van der Waals surface area contributed by atoms with Gasteiger partial charge in [0.05, 0.1) is 27.0 Å². The van der Waals surface area contributed by atoms with Crippen molar-refractivity contribution in [2.24, 2.45) is 0 Å². The summed E-state index contributed by atoms with van der Waals surface area (Å²) in [6.45, 7) is 0. The molecule has 4 aromatic rings. The molecule has 4 N–H and O–H groups in total. The largest absolute Gasteiger partial charge is 0.478 e. The topological polar surface area (TPSA) is 125 Å². The number of thioether (sulfide) groups is 1. The van der Waals surface area contributed by atoms with Crippen LogP contribution in [0.4, 0.5) is 15.8 Å². The Labute approximate surface area is 259 Å². The van der Waals surface area contributed by atoms with Gasteiger partial charge in [-0.05, 0) is 66.7 Å². The third-order valence-corrected chi connectivity index (χ3v) is 7.42. The minimum absolute atomic E-state index is 0.0264. The molecule has 0 saturated carbocycles. The van der Waals surface area contributed by atoms with Crippen molar-refractivity contribution >= 4 is 76.1 Å². The Morgan fingerprint density at radius 3 is 2.28 bits per heavy atom. The molecule has 0 bridgehead atoms. The van der Waals surface area contributed by atoms with Gasteiger partial charge in [-0.3, -0.25) is 14.4 Å². The van der Waals surface area contributed by atoms with Gasteiger partial charge in [0.2, 0.25) is 5.91 Å². The summed E-state index contributed by atoms with van der Waals surface area (Å²) in [4.78, 5) is 50.5. The van der Waals surface area contributed by atoms with Gasteiger partial charge < -0.3 is 21.1 Å². The van der Waals surface area contributed by atoms with Crippen LogP contribution in [0.5, 0.6) is 0 Å². The van der Waals surface area contributed by atoms with E-state index in [1.165, 1.54) is 36.4 Å². The van der Waals surface area contributed by atoms with Crippen LogP contribution in [0.15, 0.2) is 102 Å². The molecule has 0 saturated heterocycles. The number of hydrogen-bond acceptors (Lipinski definition) is 5. The van der Waals surface area contributed by atoms with Crippen LogP contribution in [-0.4, -0.2) is 34.6 Å². The predicted octanol–water partition coefficient (Wildman–Crippen LogP) is 6.97. The zero-order valence-corrected chi connectivity index (χ0v) is 24.4. The van der Waals surface area contributed by atoms with Crippen molar-refractivity contribution < 1.29 is 28.7 Å². The Balaban J connectivity index is 1.48. The van der Waals surface area contributed by atoms with Crippen LogP contribution in [0.1, 0.15) is 26.3 Å². The fraction of sp³-hybridized carbons (Fsp3) is 0.0323. The Morgan fingerprint density at radius 2 is 1.56 bits per heavy atom. The molecule has 0 aliphatic heterocycles. The van der Waals surface area contributed by atoms with E-state index >= 15 is 0 Å². The van der Waals surface area contributed by atoms with Crippen molar-refractivity contribution in [3.8, 4) is 0 Å². The lowest BCUT2D eigenvalue weighted by atomic mass is 10.1. The summed E-state index contributed by atoms with van der Waals surface area (Å²) in [5, 5.41) is 17.2. The number of rotatable bonds is 10. The lowest BCUT2D eigenvalue weighted by molar-refractivity contribution is -0.114. The van der Waals surface area contributed by atoms with E-state index in [0.717, 1.165) is 17.8 Å². The fourth-order valence-corrected chi connectivity index (χ4v) is 4.82. The first-order valence-electron chi connectivity index (χ1n) is 12.5. The Bertz CT molecular complexity index is 1710. The standard InChI is InChI=1S/C31H22Cl2FN3O5S/c32-23-10-5-11-25(34)22(23)16-27(37-29(39)18-6-2-1-3-7-18)30(40)35-20-8-4-9-21(15-20)43-17-28(38)36-26-14-19(31(41)42)12-13-24(26)33/h1-16H,17H2,(H,35,40)(H,36,38)(H,37,39)(H,41,42)/b27-16+. The second kappa shape index (κ2) is 14.5. The summed E-state index contributed by atoms with van der Waals surface area (Å²) < 4.78 is 14.5. The average molecular weight is 639 g/mol. The van der Waals surface area contributed by atoms with E-state index in [1.54, 1.807) is 54.6 Å². The van der Waals surface area contributed by atoms with Crippen LogP contribution in [0, 0.1) is 5.82 Å². The first-order chi connectivity index (χ1) is 20.6. The molecule has 0 aliphatic carbocycles. The highest BCUT2D eigenvalue weighted by Gasteiger charge is 2.18. The van der Waals surface area contributed by atoms with Crippen molar-refractivity contribution in [2.45, 2.75) is 4.90 Å². The van der Waals surface area contributed by atoms with Gasteiger partial charge in [-0.25, -0.2) is 9.18 Å². The summed E-state index contributed by atoms with van der Waals surface area (Å²) in [6.07, 6.45) is 1.15. The molecule has 0 aliphatic rings. The van der Waals surface area contributed by atoms with Crippen molar-refractivity contribution in [3.63, 3.8) is 0 Å². The number of carboxylic acid groups (broad SMARTS) is 1. The lowest BCUT2D eigenvalue weighted by Crippen LogP contribution is -2.30. The summed E-state index contributed by atoms with van der Waals surface area (Å²) in [5.74, 6) is -3.64. The molecular formula is C31H22Cl2FN3O5S. The van der Waals surface area contributed by atoms with E-state index in [-0.39, 0.29) is 43.9 Å². The third kappa shape index (κ3) is 8.68. The van der Waals surface area contributed by atoms with E-state index in [9.17, 15) is 23.6 Å². The number of nitrogens with one attached hydrogen (secondary N) is 3. The fourth-order valence-electron chi connectivity index (χ4n) is 3.69. The Kier molecular flexibility index (Phi) is 10.6. The van der Waals surface area contributed by atoms with Gasteiger partial charge >= 0.3 is 5.97 Å². The zero-order valence-electron chi connectivity index (χ0n) is 22.1. The van der Waals surface area contributed by atoms with Crippen molar-refractivity contribution in [1.82, 2.24) is 5.32 Å². The highest BCUT2D eigenvalue weighted by Crippen LogP contribution is 2.26. The first-order valence-corrected chi connectivity index (χ1v) is 14.2. The Morgan fingerprint density at radius 1 is 0.814 bits per heavy atom. The molecule has 8 nitrogen and oxygen atoms in total. The molecule has 0 fully saturated rings. The van der Waals surface area contributed by atoms with Crippen LogP contribution >= 0.6 is 35.0 Å². The maximum atomic E-state index is 14.5. The summed E-state index contributed by atoms with van der Waals surface area (Å²) in [6, 6.07) is 22.8. The van der Waals surface area contributed by atoms with E-state index in [4.69, 9.17) is 28.3 Å². The van der Waals surface area contributed by atoms with E-state index < -0.39 is 29.5 Å². The van der Waals surface area contributed by atoms with E-state index in [1.807, 2.05) is 0 Å². The molecule has 12 heteroatoms. The van der Waals surface area contributed by atoms with Crippen LogP contribution in [0.3, 0.4) is 0 Å². The Hall–Kier alpha value is -4.64. The number of carbonyl (C=O) groups excluding carboxylic acids is 3. The van der Waals surface area contributed by atoms with E-state index in [2.05, 4.69) is 16.0 Å². The van der Waals surface area contributed by atoms with Crippen LogP contribution < -0.4 is 16.0 Å². The smallest absolute Gasteiger partial charge is 0.335 e. The highest BCUT2D eigenvalue weighted by atomic mass is 35.5. The maximum absolute atomic E-state index is 14.5. The van der Waals surface area contributed by atoms with Gasteiger partial charge in [0.1, 0.15) is 11.5 Å². The van der Waals surface area contributed by atoms with E-state index in [0.29, 0.717) is 10.6 Å². The molecular weight excluding hydrogens is 616 g/mol. The molecule has 0 heterocycles. The number of hydrogen-bond donors (Lipinski definition) is 4. The number of anilines is 2. The molecule has 0 radical (unpaired) electrons. The number of amides is 3. The van der Waals surface area contributed by atoms with Crippen LogP contribution in [0.25, 0.3) is 6.08 Å². The van der Waals surface area contributed by atoms with Crippen LogP contribution in [-0.2, 0) is 9.59 Å². The normalized spacial score (nSPS) is 11.0. The minimum Gasteiger partial charge on any atom is -0.478 e. The predicted molar refractivity (Wildman–Crippen MR) is 166 cm³/mol. The second-order valence-electron chi connectivity index (χ2n) is 8.83. The van der Waals surface area contributed by atoms with Gasteiger partial charge in [-0.1, -0.05) is 53.5 Å². The van der Waals surface area contributed by atoms with Crippen molar-refractivity contribution in [2.75, 3.05) is 16.4 Å². The number of halogens is 3. The van der Waals surface area contributed by atoms with Crippen molar-refractivity contribution in [3.05, 3.63) is 129 Å². The SMILES string of the molecule is O=C(CSc1cccc(NC(=O)/C(=C\c2c(F)cccc2Cl)NC(=O)c2ccccc2)c1)Nc1cc(C(=O)O)ccc1Cl. The molecule has 0 spiro atoms. The highest BCUT2D eigenvalue weighted by molar-refractivity contribution is 8.00. The molecule has 3 amide bonds. The summed E-state index contributed by atoms with van der Waals surface area (Å²) in [7, 11) is 0. The van der Waals surface area contributed by atoms with Gasteiger partial charge in [-0.15, -0.1) is 11.8 Å². The molecule has 4 aromatic carbocycles. The quantitative estimate of drug-likeness (QED) is 0.110. The average Bonchev–Trinajstić information content (AvgIpc) is 2.99. The third-order valence-electron chi connectivity index (χ3n) is 5.77. The minimum atomic E-state index is -1.16. The van der Waals surface area contributed by atoms with Gasteiger partial charge in [-0.2, -0.15) is 0 Å². The van der Waals surface area contributed by atoms with Gasteiger partial charge in [0, 0.05) is 21.7 Å². The molecule has 43 heavy (non-hydrogen) atoms. The molecule has 4 rings (SSSR count). The zero-order chi connectivity index (χ0) is 30.9. The molecule has 0 unspecified atom stereocenters. The molecule has 0 aromatic heterocycles. The molecule has 218 valence electrons. The van der Waals surface area contributed by atoms with Gasteiger partial charge in [0.15, 0.2) is 0 Å². The van der Waals surface area contributed by atoms with Crippen molar-refractivity contribution in [1.29, 1.82) is 0 Å².